The van der Waals surface area contributed by atoms with Crippen molar-refractivity contribution in [1.29, 1.82) is 0 Å². The molecule has 2 amide bonds. The van der Waals surface area contributed by atoms with E-state index in [2.05, 4.69) is 15.5 Å². The summed E-state index contributed by atoms with van der Waals surface area (Å²) in [4.78, 5) is 14.8. The average Bonchev–Trinajstić information content (AvgIpc) is 3.08. The molecule has 2 fully saturated rings. The van der Waals surface area contributed by atoms with E-state index in [4.69, 9.17) is 4.42 Å². The molecule has 0 unspecified atom stereocenters. The molecule has 0 saturated carbocycles. The average molecular weight is 357 g/mol. The van der Waals surface area contributed by atoms with Crippen LogP contribution in [-0.4, -0.2) is 29.1 Å². The molecular weight excluding hydrogens is 333 g/mol. The van der Waals surface area contributed by atoms with Crippen molar-refractivity contribution in [1.82, 2.24) is 10.2 Å². The standard InChI is InChI=1S/C20H24FN3O2/c21-14-4-1-5-15(10-14)22-20(25)23-16-11-17-6-2-7-18(12-16)24(17)13-19-8-3-9-26-19/h1,3-5,8-10,16-18H,2,6-7,11-13H2,(H2,22,23,25)/t17-,18-/m1/s1. The van der Waals surface area contributed by atoms with Crippen molar-refractivity contribution in [2.75, 3.05) is 5.32 Å². The molecule has 4 rings (SSSR count). The zero-order valence-corrected chi connectivity index (χ0v) is 14.7. The number of nitrogens with one attached hydrogen (secondary N) is 2. The van der Waals surface area contributed by atoms with Crippen LogP contribution in [0, 0.1) is 5.82 Å². The predicted molar refractivity (Wildman–Crippen MR) is 97.3 cm³/mol. The summed E-state index contributed by atoms with van der Waals surface area (Å²) < 4.78 is 18.8. The first-order chi connectivity index (χ1) is 12.7. The van der Waals surface area contributed by atoms with E-state index in [9.17, 15) is 9.18 Å². The molecule has 2 N–H and O–H groups in total. The Bertz CT molecular complexity index is 735. The molecule has 138 valence electrons. The molecule has 2 saturated heterocycles. The largest absolute Gasteiger partial charge is 0.468 e. The van der Waals surface area contributed by atoms with Gasteiger partial charge in [0.1, 0.15) is 11.6 Å². The second-order valence-corrected chi connectivity index (χ2v) is 7.27. The van der Waals surface area contributed by atoms with Gasteiger partial charge in [-0.3, -0.25) is 4.90 Å². The maximum absolute atomic E-state index is 13.2. The number of nitrogens with zero attached hydrogens (tertiary/aromatic N) is 1. The Kier molecular flexibility index (Phi) is 4.93. The van der Waals surface area contributed by atoms with Gasteiger partial charge in [0.15, 0.2) is 0 Å². The Hall–Kier alpha value is -2.34. The molecule has 0 radical (unpaired) electrons. The molecule has 26 heavy (non-hydrogen) atoms. The van der Waals surface area contributed by atoms with Gasteiger partial charge in [0.05, 0.1) is 12.8 Å². The number of carbonyl (C=O) groups excluding carboxylic acids is 1. The monoisotopic (exact) mass is 357 g/mol. The van der Waals surface area contributed by atoms with Crippen LogP contribution in [0.25, 0.3) is 0 Å². The lowest BCUT2D eigenvalue weighted by Crippen LogP contribution is -2.56. The molecule has 2 atom stereocenters. The number of benzene rings is 1. The number of carbonyl (C=O) groups is 1. The maximum atomic E-state index is 13.2. The first-order valence-corrected chi connectivity index (χ1v) is 9.28. The van der Waals surface area contributed by atoms with Crippen LogP contribution in [0.4, 0.5) is 14.9 Å². The van der Waals surface area contributed by atoms with Crippen LogP contribution in [0.3, 0.4) is 0 Å². The van der Waals surface area contributed by atoms with E-state index in [0.717, 1.165) is 38.0 Å². The second kappa shape index (κ2) is 7.50. The van der Waals surface area contributed by atoms with Crippen LogP contribution in [0.2, 0.25) is 0 Å². The number of furan rings is 1. The van der Waals surface area contributed by atoms with Gasteiger partial charge in [0, 0.05) is 23.8 Å². The maximum Gasteiger partial charge on any atom is 0.319 e. The lowest BCUT2D eigenvalue weighted by atomic mass is 9.81. The Balaban J connectivity index is 1.35. The molecule has 2 aliphatic rings. The summed E-state index contributed by atoms with van der Waals surface area (Å²) in [5, 5.41) is 5.80. The summed E-state index contributed by atoms with van der Waals surface area (Å²) in [6, 6.07) is 10.7. The third-order valence-electron chi connectivity index (χ3n) is 5.46. The summed E-state index contributed by atoms with van der Waals surface area (Å²) in [5.74, 6) is 0.640. The molecule has 0 aliphatic carbocycles. The third kappa shape index (κ3) is 3.90. The SMILES string of the molecule is O=C(Nc1cccc(F)c1)NC1C[C@H]2CCC[C@H](C1)N2Cc1ccco1. The van der Waals surface area contributed by atoms with Gasteiger partial charge in [-0.2, -0.15) is 0 Å². The van der Waals surface area contributed by atoms with E-state index in [0.29, 0.717) is 17.8 Å². The molecular formula is C20H24FN3O2. The summed E-state index contributed by atoms with van der Waals surface area (Å²) in [6.07, 6.45) is 7.14. The fourth-order valence-electron chi connectivity index (χ4n) is 4.36. The molecule has 2 aromatic rings. The molecule has 2 aliphatic heterocycles. The predicted octanol–water partition coefficient (Wildman–Crippen LogP) is 4.13. The smallest absolute Gasteiger partial charge is 0.319 e. The van der Waals surface area contributed by atoms with Crippen molar-refractivity contribution >= 4 is 11.7 Å². The van der Waals surface area contributed by atoms with Crippen LogP contribution in [0.1, 0.15) is 37.9 Å². The highest BCUT2D eigenvalue weighted by atomic mass is 19.1. The Morgan fingerprint density at radius 3 is 2.69 bits per heavy atom. The van der Waals surface area contributed by atoms with Crippen molar-refractivity contribution in [3.63, 3.8) is 0 Å². The number of piperidine rings is 2. The van der Waals surface area contributed by atoms with E-state index in [1.807, 2.05) is 12.1 Å². The van der Waals surface area contributed by atoms with Gasteiger partial charge in [-0.1, -0.05) is 12.5 Å². The molecule has 3 heterocycles. The first kappa shape index (κ1) is 17.1. The van der Waals surface area contributed by atoms with Crippen molar-refractivity contribution in [3.05, 3.63) is 54.2 Å². The van der Waals surface area contributed by atoms with E-state index >= 15 is 0 Å². The molecule has 0 spiro atoms. The van der Waals surface area contributed by atoms with Crippen LogP contribution in [0.15, 0.2) is 47.1 Å². The van der Waals surface area contributed by atoms with Crippen LogP contribution in [-0.2, 0) is 6.54 Å². The lowest BCUT2D eigenvalue weighted by Gasteiger charge is -2.48. The van der Waals surface area contributed by atoms with Crippen LogP contribution in [0.5, 0.6) is 0 Å². The number of halogens is 1. The zero-order valence-electron chi connectivity index (χ0n) is 14.7. The minimum atomic E-state index is -0.358. The zero-order chi connectivity index (χ0) is 17.9. The Morgan fingerprint density at radius 1 is 1.19 bits per heavy atom. The Labute approximate surface area is 152 Å². The van der Waals surface area contributed by atoms with Crippen molar-refractivity contribution in [2.24, 2.45) is 0 Å². The number of rotatable bonds is 4. The fourth-order valence-corrected chi connectivity index (χ4v) is 4.36. The van der Waals surface area contributed by atoms with E-state index in [-0.39, 0.29) is 17.9 Å². The third-order valence-corrected chi connectivity index (χ3v) is 5.46. The highest BCUT2D eigenvalue weighted by Gasteiger charge is 2.38. The second-order valence-electron chi connectivity index (χ2n) is 7.27. The topological polar surface area (TPSA) is 57.5 Å². The van der Waals surface area contributed by atoms with Crippen LogP contribution < -0.4 is 10.6 Å². The van der Waals surface area contributed by atoms with Crippen molar-refractivity contribution < 1.29 is 13.6 Å². The van der Waals surface area contributed by atoms with Gasteiger partial charge in [-0.15, -0.1) is 0 Å². The molecule has 6 heteroatoms. The van der Waals surface area contributed by atoms with E-state index < -0.39 is 0 Å². The highest BCUT2D eigenvalue weighted by Crippen LogP contribution is 2.35. The molecule has 5 nitrogen and oxygen atoms in total. The number of amides is 2. The van der Waals surface area contributed by atoms with Gasteiger partial charge in [0.2, 0.25) is 0 Å². The number of hydrogen-bond acceptors (Lipinski definition) is 3. The summed E-state index contributed by atoms with van der Waals surface area (Å²) in [7, 11) is 0. The van der Waals surface area contributed by atoms with E-state index in [1.165, 1.54) is 18.6 Å². The van der Waals surface area contributed by atoms with Gasteiger partial charge in [-0.05, 0) is 56.0 Å². The van der Waals surface area contributed by atoms with Crippen molar-refractivity contribution in [3.8, 4) is 0 Å². The molecule has 1 aromatic carbocycles. The minimum Gasteiger partial charge on any atom is -0.468 e. The Morgan fingerprint density at radius 2 is 2.00 bits per heavy atom. The first-order valence-electron chi connectivity index (χ1n) is 9.28. The fraction of sp³-hybridized carbons (Fsp3) is 0.450. The van der Waals surface area contributed by atoms with E-state index in [1.54, 1.807) is 18.4 Å². The van der Waals surface area contributed by atoms with Crippen molar-refractivity contribution in [2.45, 2.75) is 56.8 Å². The lowest BCUT2D eigenvalue weighted by molar-refractivity contribution is 0.0150. The molecule has 1 aromatic heterocycles. The van der Waals surface area contributed by atoms with Gasteiger partial charge in [-0.25, -0.2) is 9.18 Å². The number of anilines is 1. The van der Waals surface area contributed by atoms with Gasteiger partial charge >= 0.3 is 6.03 Å². The summed E-state index contributed by atoms with van der Waals surface area (Å²) >= 11 is 0. The molecule has 2 bridgehead atoms. The summed E-state index contributed by atoms with van der Waals surface area (Å²) in [6.45, 7) is 0.838. The normalized spacial score (nSPS) is 25.7. The number of hydrogen-bond donors (Lipinski definition) is 2. The van der Waals surface area contributed by atoms with Gasteiger partial charge in [0.25, 0.3) is 0 Å². The van der Waals surface area contributed by atoms with Crippen LogP contribution >= 0.6 is 0 Å². The minimum absolute atomic E-state index is 0.145. The summed E-state index contributed by atoms with van der Waals surface area (Å²) in [5.41, 5.74) is 0.470. The number of urea groups is 1. The number of fused-ring (bicyclic) bond motifs is 2. The quantitative estimate of drug-likeness (QED) is 0.865. The highest BCUT2D eigenvalue weighted by molar-refractivity contribution is 5.89. The van der Waals surface area contributed by atoms with Gasteiger partial charge < -0.3 is 15.1 Å².